The molecule has 0 bridgehead atoms. The Morgan fingerprint density at radius 1 is 1.53 bits per heavy atom. The molecule has 0 amide bonds. The van der Waals surface area contributed by atoms with Crippen LogP contribution in [0.4, 0.5) is 0 Å². The molecule has 102 valence electrons. The highest BCUT2D eigenvalue weighted by Crippen LogP contribution is 2.22. The van der Waals surface area contributed by atoms with E-state index in [2.05, 4.69) is 32.3 Å². The lowest BCUT2D eigenvalue weighted by Crippen LogP contribution is -2.09. The van der Waals surface area contributed by atoms with Crippen molar-refractivity contribution in [1.82, 2.24) is 14.8 Å². The Morgan fingerprint density at radius 2 is 2.53 bits per heavy atom. The number of hydrogen-bond donors (Lipinski definition) is 0. The number of thioether (sulfide) groups is 1. The second-order valence-corrected chi connectivity index (χ2v) is 6.60. The smallest absolute Gasteiger partial charge is 0.191 e. The van der Waals surface area contributed by atoms with Crippen LogP contribution in [0, 0.1) is 0 Å². The quantitative estimate of drug-likeness (QED) is 0.768. The highest BCUT2D eigenvalue weighted by molar-refractivity contribution is 7.99. The van der Waals surface area contributed by atoms with Gasteiger partial charge in [0.05, 0.1) is 6.10 Å². The number of ether oxygens (including phenoxy) is 1. The summed E-state index contributed by atoms with van der Waals surface area (Å²) in [6.45, 7) is 1.86. The average Bonchev–Trinajstić information content (AvgIpc) is 3.16. The molecule has 0 saturated carbocycles. The van der Waals surface area contributed by atoms with E-state index in [9.17, 15) is 0 Å². The van der Waals surface area contributed by atoms with E-state index in [4.69, 9.17) is 4.74 Å². The number of hydrogen-bond acceptors (Lipinski definition) is 5. The maximum atomic E-state index is 5.63. The van der Waals surface area contributed by atoms with Gasteiger partial charge in [-0.2, -0.15) is 0 Å². The molecular weight excluding hydrogens is 278 g/mol. The summed E-state index contributed by atoms with van der Waals surface area (Å²) < 4.78 is 7.77. The first kappa shape index (κ1) is 13.1. The van der Waals surface area contributed by atoms with Crippen LogP contribution in [-0.4, -0.2) is 33.2 Å². The molecule has 1 aliphatic heterocycles. The van der Waals surface area contributed by atoms with E-state index in [-0.39, 0.29) is 0 Å². The lowest BCUT2D eigenvalue weighted by molar-refractivity contribution is 0.129. The third-order valence-corrected chi connectivity index (χ3v) is 5.23. The number of thiophene rings is 1. The summed E-state index contributed by atoms with van der Waals surface area (Å²) in [5.41, 5.74) is 0. The van der Waals surface area contributed by atoms with Crippen molar-refractivity contribution >= 4 is 23.1 Å². The van der Waals surface area contributed by atoms with Crippen molar-refractivity contribution in [3.05, 3.63) is 28.7 Å². The fourth-order valence-electron chi connectivity index (χ4n) is 2.14. The summed E-state index contributed by atoms with van der Waals surface area (Å²) >= 11 is 3.56. The third kappa shape index (κ3) is 3.58. The zero-order valence-electron chi connectivity index (χ0n) is 10.7. The Kier molecular flexibility index (Phi) is 4.53. The van der Waals surface area contributed by atoms with Crippen molar-refractivity contribution in [1.29, 1.82) is 0 Å². The van der Waals surface area contributed by atoms with Crippen LogP contribution in [-0.2, 0) is 17.7 Å². The average molecular weight is 295 g/mol. The number of aryl methyl sites for hydroxylation is 2. The van der Waals surface area contributed by atoms with Gasteiger partial charge in [-0.25, -0.2) is 0 Å². The van der Waals surface area contributed by atoms with Gasteiger partial charge in [0, 0.05) is 23.8 Å². The predicted octanol–water partition coefficient (Wildman–Crippen LogP) is 2.85. The van der Waals surface area contributed by atoms with Crippen LogP contribution in [0.15, 0.2) is 29.0 Å². The molecule has 2 aromatic rings. The molecular formula is C13H17N3OS2. The minimum Gasteiger partial charge on any atom is -0.377 e. The third-order valence-electron chi connectivity index (χ3n) is 3.18. The molecule has 2 aromatic heterocycles. The second-order valence-electron chi connectivity index (χ2n) is 4.58. The van der Waals surface area contributed by atoms with E-state index >= 15 is 0 Å². The SMILES string of the molecule is c1csc(CCn2cnnc2SC[C@@H]2CCCO2)c1. The fraction of sp³-hybridized carbons (Fsp3) is 0.538. The summed E-state index contributed by atoms with van der Waals surface area (Å²) in [7, 11) is 0. The molecule has 0 radical (unpaired) electrons. The molecule has 6 heteroatoms. The molecule has 4 nitrogen and oxygen atoms in total. The molecule has 1 atom stereocenters. The van der Waals surface area contributed by atoms with E-state index in [1.165, 1.54) is 17.7 Å². The van der Waals surface area contributed by atoms with Gasteiger partial charge in [0.1, 0.15) is 6.33 Å². The molecule has 0 aromatic carbocycles. The molecule has 0 unspecified atom stereocenters. The van der Waals surface area contributed by atoms with Gasteiger partial charge in [0.2, 0.25) is 0 Å². The topological polar surface area (TPSA) is 39.9 Å². The standard InChI is InChI=1S/C13H17N3OS2/c1-3-11(17-7-1)9-19-13-15-14-10-16(13)6-5-12-4-2-8-18-12/h2,4,8,10-11H,1,3,5-7,9H2/t11-/m0/s1. The van der Waals surface area contributed by atoms with Crippen LogP contribution >= 0.6 is 23.1 Å². The second kappa shape index (κ2) is 6.54. The van der Waals surface area contributed by atoms with Gasteiger partial charge in [-0.15, -0.1) is 21.5 Å². The zero-order chi connectivity index (χ0) is 12.9. The molecule has 1 fully saturated rings. The van der Waals surface area contributed by atoms with Gasteiger partial charge in [-0.1, -0.05) is 17.8 Å². The highest BCUT2D eigenvalue weighted by atomic mass is 32.2. The Balaban J connectivity index is 1.52. The van der Waals surface area contributed by atoms with Crippen LogP contribution in [0.25, 0.3) is 0 Å². The van der Waals surface area contributed by atoms with E-state index in [1.807, 2.05) is 6.33 Å². The van der Waals surface area contributed by atoms with Gasteiger partial charge < -0.3 is 9.30 Å². The summed E-state index contributed by atoms with van der Waals surface area (Å²) in [6.07, 6.45) is 5.63. The van der Waals surface area contributed by atoms with E-state index in [1.54, 1.807) is 23.1 Å². The van der Waals surface area contributed by atoms with Gasteiger partial charge in [-0.05, 0) is 30.7 Å². The molecule has 0 N–H and O–H groups in total. The number of aromatic nitrogens is 3. The molecule has 0 spiro atoms. The molecule has 1 aliphatic rings. The normalized spacial score (nSPS) is 19.1. The van der Waals surface area contributed by atoms with Crippen LogP contribution in [0.2, 0.25) is 0 Å². The van der Waals surface area contributed by atoms with Crippen LogP contribution in [0.3, 0.4) is 0 Å². The summed E-state index contributed by atoms with van der Waals surface area (Å²) in [5, 5.41) is 11.3. The summed E-state index contributed by atoms with van der Waals surface area (Å²) in [4.78, 5) is 1.41. The number of nitrogens with zero attached hydrogens (tertiary/aromatic N) is 3. The summed E-state index contributed by atoms with van der Waals surface area (Å²) in [5.74, 6) is 0.984. The Hall–Kier alpha value is -0.850. The Labute approximate surface area is 121 Å². The molecule has 19 heavy (non-hydrogen) atoms. The van der Waals surface area contributed by atoms with E-state index in [0.717, 1.165) is 30.5 Å². The zero-order valence-corrected chi connectivity index (χ0v) is 12.3. The molecule has 0 aliphatic carbocycles. The largest absolute Gasteiger partial charge is 0.377 e. The first-order valence-electron chi connectivity index (χ1n) is 6.56. The minimum atomic E-state index is 0.396. The van der Waals surface area contributed by atoms with E-state index in [0.29, 0.717) is 6.10 Å². The van der Waals surface area contributed by atoms with Crippen LogP contribution in [0.1, 0.15) is 17.7 Å². The molecule has 3 heterocycles. The molecule has 3 rings (SSSR count). The monoisotopic (exact) mass is 295 g/mol. The van der Waals surface area contributed by atoms with Crippen LogP contribution < -0.4 is 0 Å². The van der Waals surface area contributed by atoms with Crippen molar-refractivity contribution in [2.24, 2.45) is 0 Å². The maximum absolute atomic E-state index is 5.63. The van der Waals surface area contributed by atoms with Crippen molar-refractivity contribution in [3.8, 4) is 0 Å². The van der Waals surface area contributed by atoms with Crippen LogP contribution in [0.5, 0.6) is 0 Å². The minimum absolute atomic E-state index is 0.396. The van der Waals surface area contributed by atoms with Crippen molar-refractivity contribution in [3.63, 3.8) is 0 Å². The Bertz CT molecular complexity index is 492. The Morgan fingerprint density at radius 3 is 3.32 bits per heavy atom. The highest BCUT2D eigenvalue weighted by Gasteiger charge is 2.17. The fourth-order valence-corrected chi connectivity index (χ4v) is 3.84. The lowest BCUT2D eigenvalue weighted by atomic mass is 10.3. The van der Waals surface area contributed by atoms with Gasteiger partial charge in [-0.3, -0.25) is 0 Å². The summed E-state index contributed by atoms with van der Waals surface area (Å²) in [6, 6.07) is 4.27. The molecule has 1 saturated heterocycles. The first-order chi connectivity index (χ1) is 9.42. The lowest BCUT2D eigenvalue weighted by Gasteiger charge is -2.09. The number of rotatable bonds is 6. The maximum Gasteiger partial charge on any atom is 0.191 e. The van der Waals surface area contributed by atoms with Crippen molar-refractivity contribution in [2.45, 2.75) is 37.1 Å². The van der Waals surface area contributed by atoms with E-state index < -0.39 is 0 Å². The van der Waals surface area contributed by atoms with Gasteiger partial charge >= 0.3 is 0 Å². The first-order valence-corrected chi connectivity index (χ1v) is 8.43. The van der Waals surface area contributed by atoms with Crippen molar-refractivity contribution < 1.29 is 4.74 Å². The predicted molar refractivity (Wildman–Crippen MR) is 77.7 cm³/mol. The van der Waals surface area contributed by atoms with Crippen molar-refractivity contribution in [2.75, 3.05) is 12.4 Å². The van der Waals surface area contributed by atoms with Gasteiger partial charge in [0.25, 0.3) is 0 Å². The van der Waals surface area contributed by atoms with Gasteiger partial charge in [0.15, 0.2) is 5.16 Å².